The molecule has 0 saturated carbocycles. The first-order valence-corrected chi connectivity index (χ1v) is 8.53. The van der Waals surface area contributed by atoms with E-state index in [0.29, 0.717) is 17.6 Å². The molecule has 134 valence electrons. The molecule has 1 N–H and O–H groups in total. The Balaban J connectivity index is 1.83. The van der Waals surface area contributed by atoms with Gasteiger partial charge < -0.3 is 5.32 Å². The Morgan fingerprint density at radius 3 is 2.74 bits per heavy atom. The number of aryl methyl sites for hydroxylation is 1. The van der Waals surface area contributed by atoms with Gasteiger partial charge in [-0.05, 0) is 36.4 Å². The van der Waals surface area contributed by atoms with E-state index in [-0.39, 0.29) is 17.3 Å². The van der Waals surface area contributed by atoms with Gasteiger partial charge in [-0.15, -0.1) is 0 Å². The van der Waals surface area contributed by atoms with E-state index in [0.717, 1.165) is 22.6 Å². The van der Waals surface area contributed by atoms with Crippen molar-refractivity contribution in [2.45, 2.75) is 5.92 Å². The number of nitrogens with one attached hydrogen (secondary N) is 1. The van der Waals surface area contributed by atoms with Crippen molar-refractivity contribution >= 4 is 16.5 Å². The fourth-order valence-electron chi connectivity index (χ4n) is 3.62. The molecule has 0 spiro atoms. The van der Waals surface area contributed by atoms with Gasteiger partial charge in [0.25, 0.3) is 5.56 Å². The SMILES string of the molecule is Cn1ncnc1C1CNc2cccc3c(=O)n(-c4ccc(F)cc4)nc1c23. The zero-order chi connectivity index (χ0) is 18.5. The maximum Gasteiger partial charge on any atom is 0.279 e. The lowest BCUT2D eigenvalue weighted by molar-refractivity contribution is 0.623. The van der Waals surface area contributed by atoms with Gasteiger partial charge in [0.1, 0.15) is 18.0 Å². The Morgan fingerprint density at radius 2 is 2.00 bits per heavy atom. The highest BCUT2D eigenvalue weighted by Crippen LogP contribution is 2.35. The van der Waals surface area contributed by atoms with E-state index in [1.165, 1.54) is 23.1 Å². The smallest absolute Gasteiger partial charge is 0.279 e. The Labute approximate surface area is 153 Å². The molecule has 0 amide bonds. The van der Waals surface area contributed by atoms with Crippen molar-refractivity contribution in [3.05, 3.63) is 76.5 Å². The first-order valence-electron chi connectivity index (χ1n) is 8.53. The zero-order valence-corrected chi connectivity index (χ0v) is 14.4. The molecule has 1 aliphatic rings. The van der Waals surface area contributed by atoms with Crippen molar-refractivity contribution in [3.8, 4) is 5.69 Å². The average Bonchev–Trinajstić information content (AvgIpc) is 3.11. The molecule has 27 heavy (non-hydrogen) atoms. The Bertz CT molecular complexity index is 1230. The highest BCUT2D eigenvalue weighted by atomic mass is 19.1. The maximum atomic E-state index is 13.3. The number of aromatic nitrogens is 5. The summed E-state index contributed by atoms with van der Waals surface area (Å²) < 4.78 is 16.4. The van der Waals surface area contributed by atoms with Gasteiger partial charge in [-0.25, -0.2) is 9.37 Å². The van der Waals surface area contributed by atoms with Crippen molar-refractivity contribution in [2.75, 3.05) is 11.9 Å². The first kappa shape index (κ1) is 15.7. The number of benzene rings is 2. The molecule has 1 atom stereocenters. The van der Waals surface area contributed by atoms with Crippen LogP contribution in [0.2, 0.25) is 0 Å². The third kappa shape index (κ3) is 2.33. The fourth-order valence-corrected chi connectivity index (χ4v) is 3.62. The molecule has 3 heterocycles. The standard InChI is InChI=1S/C19H15FN6O/c1-25-18(22-10-23-25)14-9-21-15-4-2-3-13-16(15)17(14)24-26(19(13)27)12-7-5-11(20)6-8-12/h2-8,10,14,21H,9H2,1H3. The van der Waals surface area contributed by atoms with Crippen molar-refractivity contribution in [1.82, 2.24) is 24.5 Å². The quantitative estimate of drug-likeness (QED) is 0.592. The van der Waals surface area contributed by atoms with Crippen LogP contribution in [-0.2, 0) is 7.05 Å². The van der Waals surface area contributed by atoms with Crippen LogP contribution in [0, 0.1) is 5.82 Å². The topological polar surface area (TPSA) is 77.6 Å². The van der Waals surface area contributed by atoms with E-state index in [4.69, 9.17) is 0 Å². The molecule has 0 fully saturated rings. The van der Waals surface area contributed by atoms with Crippen LogP contribution >= 0.6 is 0 Å². The molecule has 5 rings (SSSR count). The van der Waals surface area contributed by atoms with Crippen molar-refractivity contribution in [3.63, 3.8) is 0 Å². The van der Waals surface area contributed by atoms with Gasteiger partial charge in [0.2, 0.25) is 0 Å². The molecule has 1 aliphatic heterocycles. The molecule has 0 aliphatic carbocycles. The monoisotopic (exact) mass is 362 g/mol. The van der Waals surface area contributed by atoms with Gasteiger partial charge >= 0.3 is 0 Å². The third-order valence-electron chi connectivity index (χ3n) is 4.91. The predicted octanol–water partition coefficient (Wildman–Crippen LogP) is 2.21. The molecular weight excluding hydrogens is 347 g/mol. The summed E-state index contributed by atoms with van der Waals surface area (Å²) in [6.45, 7) is 0.591. The third-order valence-corrected chi connectivity index (χ3v) is 4.91. The summed E-state index contributed by atoms with van der Waals surface area (Å²) in [5.41, 5.74) is 1.89. The molecule has 7 nitrogen and oxygen atoms in total. The van der Waals surface area contributed by atoms with E-state index in [2.05, 4.69) is 20.5 Å². The van der Waals surface area contributed by atoms with E-state index in [9.17, 15) is 9.18 Å². The van der Waals surface area contributed by atoms with E-state index < -0.39 is 0 Å². The number of hydrogen-bond acceptors (Lipinski definition) is 5. The van der Waals surface area contributed by atoms with Gasteiger partial charge in [-0.3, -0.25) is 9.48 Å². The minimum absolute atomic E-state index is 0.165. The van der Waals surface area contributed by atoms with Crippen LogP contribution < -0.4 is 10.9 Å². The number of hydrogen-bond donors (Lipinski definition) is 1. The molecule has 0 saturated heterocycles. The van der Waals surface area contributed by atoms with Crippen molar-refractivity contribution < 1.29 is 4.39 Å². The number of anilines is 1. The largest absolute Gasteiger partial charge is 0.383 e. The van der Waals surface area contributed by atoms with Gasteiger partial charge in [-0.1, -0.05) is 6.07 Å². The summed E-state index contributed by atoms with van der Waals surface area (Å²) in [4.78, 5) is 17.4. The lowest BCUT2D eigenvalue weighted by atomic mass is 9.94. The second kappa shape index (κ2) is 5.73. The summed E-state index contributed by atoms with van der Waals surface area (Å²) in [5.74, 6) is 0.231. The Kier molecular flexibility index (Phi) is 3.33. The lowest BCUT2D eigenvalue weighted by Crippen LogP contribution is -2.30. The molecule has 2 aromatic heterocycles. The van der Waals surface area contributed by atoms with Crippen LogP contribution in [0.4, 0.5) is 10.1 Å². The minimum atomic E-state index is -0.364. The molecule has 4 aromatic rings. The molecule has 2 aromatic carbocycles. The highest BCUT2D eigenvalue weighted by molar-refractivity contribution is 5.97. The van der Waals surface area contributed by atoms with Crippen LogP contribution in [0.5, 0.6) is 0 Å². The molecule has 0 radical (unpaired) electrons. The van der Waals surface area contributed by atoms with Crippen LogP contribution in [0.1, 0.15) is 17.4 Å². The Morgan fingerprint density at radius 1 is 1.19 bits per heavy atom. The number of nitrogens with zero attached hydrogens (tertiary/aromatic N) is 5. The van der Waals surface area contributed by atoms with Crippen LogP contribution in [0.25, 0.3) is 16.5 Å². The second-order valence-corrected chi connectivity index (χ2v) is 6.48. The molecule has 1 unspecified atom stereocenters. The fraction of sp³-hybridized carbons (Fsp3) is 0.158. The number of halogens is 1. The summed E-state index contributed by atoms with van der Waals surface area (Å²) in [5, 5.41) is 13.5. The van der Waals surface area contributed by atoms with Crippen LogP contribution in [-0.4, -0.2) is 31.1 Å². The number of rotatable bonds is 2. The maximum absolute atomic E-state index is 13.3. The highest BCUT2D eigenvalue weighted by Gasteiger charge is 2.29. The summed E-state index contributed by atoms with van der Waals surface area (Å²) in [7, 11) is 1.83. The Hall–Kier alpha value is -3.55. The summed E-state index contributed by atoms with van der Waals surface area (Å²) in [6, 6.07) is 11.3. The van der Waals surface area contributed by atoms with Crippen LogP contribution in [0.15, 0.2) is 53.6 Å². The molecule has 0 bridgehead atoms. The van der Waals surface area contributed by atoms with Gasteiger partial charge in [0.15, 0.2) is 0 Å². The van der Waals surface area contributed by atoms with E-state index in [1.54, 1.807) is 22.9 Å². The second-order valence-electron chi connectivity index (χ2n) is 6.48. The predicted molar refractivity (Wildman–Crippen MR) is 98.6 cm³/mol. The normalized spacial score (nSPS) is 15.7. The first-order chi connectivity index (χ1) is 13.1. The van der Waals surface area contributed by atoms with E-state index in [1.807, 2.05) is 19.2 Å². The molecule has 8 heteroatoms. The molecular formula is C19H15FN6O. The van der Waals surface area contributed by atoms with Gasteiger partial charge in [-0.2, -0.15) is 14.9 Å². The van der Waals surface area contributed by atoms with Gasteiger partial charge in [0.05, 0.1) is 22.7 Å². The van der Waals surface area contributed by atoms with Crippen molar-refractivity contribution in [1.29, 1.82) is 0 Å². The van der Waals surface area contributed by atoms with Gasteiger partial charge in [0, 0.05) is 24.7 Å². The minimum Gasteiger partial charge on any atom is -0.383 e. The lowest BCUT2D eigenvalue weighted by Gasteiger charge is -2.26. The summed E-state index contributed by atoms with van der Waals surface area (Å²) in [6.07, 6.45) is 1.50. The average molecular weight is 362 g/mol. The zero-order valence-electron chi connectivity index (χ0n) is 14.4. The summed E-state index contributed by atoms with van der Waals surface area (Å²) >= 11 is 0. The van der Waals surface area contributed by atoms with Crippen LogP contribution in [0.3, 0.4) is 0 Å². The van der Waals surface area contributed by atoms with E-state index >= 15 is 0 Å². The van der Waals surface area contributed by atoms with Crippen molar-refractivity contribution in [2.24, 2.45) is 7.05 Å².